The molecule has 0 unspecified atom stereocenters. The minimum absolute atomic E-state index is 0.0891. The van der Waals surface area contributed by atoms with Gasteiger partial charge in [0.1, 0.15) is 5.52 Å². The molecule has 1 saturated carbocycles. The first-order chi connectivity index (χ1) is 15.0. The van der Waals surface area contributed by atoms with Gasteiger partial charge in [-0.15, -0.1) is 0 Å². The van der Waals surface area contributed by atoms with Gasteiger partial charge in [-0.25, -0.2) is 14.9 Å². The third-order valence-electron chi connectivity index (χ3n) is 5.48. The number of aryl methyl sites for hydroxylation is 2. The van der Waals surface area contributed by atoms with Gasteiger partial charge in [-0.2, -0.15) is 0 Å². The van der Waals surface area contributed by atoms with E-state index in [-0.39, 0.29) is 16.8 Å². The number of aromatic nitrogens is 2. The standard InChI is InChI=1S/C23H26BrFN4O2/c1-3-4-9-29-13-26-22-19(29)11-17(23(30)28-31-12-15-5-6-15)21(20(22)25)27-18-8-7-16(24)10-14(18)2/h7-8,10-11,13,15,27H,3-6,9,12H2,1-2H3,(H,28,30). The van der Waals surface area contributed by atoms with E-state index in [9.17, 15) is 4.79 Å². The molecular formula is C23H26BrFN4O2. The summed E-state index contributed by atoms with van der Waals surface area (Å²) in [7, 11) is 0. The summed E-state index contributed by atoms with van der Waals surface area (Å²) in [6.45, 7) is 5.20. The number of anilines is 2. The maximum Gasteiger partial charge on any atom is 0.277 e. The zero-order valence-electron chi connectivity index (χ0n) is 17.7. The van der Waals surface area contributed by atoms with Gasteiger partial charge < -0.3 is 9.88 Å². The van der Waals surface area contributed by atoms with Crippen LogP contribution in [0.5, 0.6) is 0 Å². The highest BCUT2D eigenvalue weighted by Gasteiger charge is 2.24. The summed E-state index contributed by atoms with van der Waals surface area (Å²) in [5.41, 5.74) is 5.21. The predicted octanol–water partition coefficient (Wildman–Crippen LogP) is 5.86. The van der Waals surface area contributed by atoms with Crippen LogP contribution >= 0.6 is 15.9 Å². The number of nitrogens with zero attached hydrogens (tertiary/aromatic N) is 2. The number of carbonyl (C=O) groups is 1. The van der Waals surface area contributed by atoms with Crippen molar-refractivity contribution in [3.63, 3.8) is 0 Å². The number of carbonyl (C=O) groups excluding carboxylic acids is 1. The van der Waals surface area contributed by atoms with Gasteiger partial charge >= 0.3 is 0 Å². The Morgan fingerprint density at radius 1 is 1.35 bits per heavy atom. The molecule has 0 bridgehead atoms. The normalized spacial score (nSPS) is 13.5. The van der Waals surface area contributed by atoms with E-state index in [2.05, 4.69) is 38.6 Å². The molecule has 2 aromatic carbocycles. The maximum absolute atomic E-state index is 15.6. The Kier molecular flexibility index (Phi) is 6.57. The highest BCUT2D eigenvalue weighted by molar-refractivity contribution is 9.10. The fourth-order valence-electron chi connectivity index (χ4n) is 3.43. The van der Waals surface area contributed by atoms with Crippen molar-refractivity contribution < 1.29 is 14.0 Å². The topological polar surface area (TPSA) is 68.2 Å². The summed E-state index contributed by atoms with van der Waals surface area (Å²) >= 11 is 3.44. The summed E-state index contributed by atoms with van der Waals surface area (Å²) in [4.78, 5) is 22.6. The smallest absolute Gasteiger partial charge is 0.277 e. The largest absolute Gasteiger partial charge is 0.352 e. The van der Waals surface area contributed by atoms with Crippen LogP contribution in [0.15, 0.2) is 35.1 Å². The van der Waals surface area contributed by atoms with Gasteiger partial charge in [0.05, 0.1) is 29.7 Å². The lowest BCUT2D eigenvalue weighted by Gasteiger charge is -2.16. The third kappa shape index (κ3) is 4.91. The molecule has 1 aromatic heterocycles. The van der Waals surface area contributed by atoms with Crippen LogP contribution in [-0.2, 0) is 11.4 Å². The SMILES string of the molecule is CCCCn1cnc2c(F)c(Nc3ccc(Br)cc3C)c(C(=O)NOCC3CC3)cc21. The minimum Gasteiger partial charge on any atom is -0.352 e. The fraction of sp³-hybridized carbons (Fsp3) is 0.391. The van der Waals surface area contributed by atoms with E-state index in [4.69, 9.17) is 4.84 Å². The molecule has 1 aliphatic rings. The van der Waals surface area contributed by atoms with E-state index in [1.807, 2.05) is 29.7 Å². The molecule has 0 aliphatic heterocycles. The van der Waals surface area contributed by atoms with Gasteiger partial charge in [-0.05, 0) is 61.9 Å². The van der Waals surface area contributed by atoms with Gasteiger partial charge in [0.2, 0.25) is 0 Å². The molecule has 2 N–H and O–H groups in total. The van der Waals surface area contributed by atoms with E-state index < -0.39 is 11.7 Å². The Labute approximate surface area is 189 Å². The van der Waals surface area contributed by atoms with Crippen LogP contribution in [0.25, 0.3) is 11.0 Å². The van der Waals surface area contributed by atoms with E-state index in [0.29, 0.717) is 30.3 Å². The number of amides is 1. The number of benzene rings is 2. The zero-order chi connectivity index (χ0) is 22.0. The number of hydrogen-bond donors (Lipinski definition) is 2. The molecule has 1 amide bonds. The average Bonchev–Trinajstić information content (AvgIpc) is 3.48. The maximum atomic E-state index is 15.6. The predicted molar refractivity (Wildman–Crippen MR) is 123 cm³/mol. The molecular weight excluding hydrogens is 463 g/mol. The Balaban J connectivity index is 1.73. The first-order valence-electron chi connectivity index (χ1n) is 10.6. The van der Waals surface area contributed by atoms with Crippen LogP contribution in [0.4, 0.5) is 15.8 Å². The molecule has 1 fully saturated rings. The Morgan fingerprint density at radius 3 is 2.87 bits per heavy atom. The van der Waals surface area contributed by atoms with Crippen molar-refractivity contribution in [3.05, 3.63) is 52.0 Å². The van der Waals surface area contributed by atoms with Crippen molar-refractivity contribution in [2.45, 2.75) is 46.1 Å². The second-order valence-corrected chi connectivity index (χ2v) is 8.96. The molecule has 0 saturated heterocycles. The number of unbranched alkanes of at least 4 members (excludes halogenated alkanes) is 1. The average molecular weight is 489 g/mol. The number of rotatable bonds is 9. The van der Waals surface area contributed by atoms with E-state index >= 15 is 4.39 Å². The molecule has 164 valence electrons. The molecule has 0 radical (unpaired) electrons. The van der Waals surface area contributed by atoms with Crippen molar-refractivity contribution in [1.29, 1.82) is 0 Å². The Bertz CT molecular complexity index is 1110. The van der Waals surface area contributed by atoms with Gasteiger partial charge in [0.25, 0.3) is 5.91 Å². The second-order valence-electron chi connectivity index (χ2n) is 8.04. The summed E-state index contributed by atoms with van der Waals surface area (Å²) in [5.74, 6) is -0.539. The van der Waals surface area contributed by atoms with Crippen molar-refractivity contribution in [3.8, 4) is 0 Å². The molecule has 0 spiro atoms. The lowest BCUT2D eigenvalue weighted by Crippen LogP contribution is -2.26. The number of halogens is 2. The van der Waals surface area contributed by atoms with E-state index in [0.717, 1.165) is 35.7 Å². The summed E-state index contributed by atoms with van der Waals surface area (Å²) in [5, 5.41) is 3.11. The van der Waals surface area contributed by atoms with Crippen LogP contribution in [0.3, 0.4) is 0 Å². The van der Waals surface area contributed by atoms with Crippen molar-refractivity contribution in [2.24, 2.45) is 5.92 Å². The van der Waals surface area contributed by atoms with Crippen molar-refractivity contribution in [1.82, 2.24) is 15.0 Å². The van der Waals surface area contributed by atoms with Gasteiger partial charge in [0.15, 0.2) is 5.82 Å². The summed E-state index contributed by atoms with van der Waals surface area (Å²) < 4.78 is 18.4. The minimum atomic E-state index is -0.553. The molecule has 3 aromatic rings. The number of hydroxylamine groups is 1. The lowest BCUT2D eigenvalue weighted by atomic mass is 10.1. The first-order valence-corrected chi connectivity index (χ1v) is 11.4. The number of nitrogens with one attached hydrogen (secondary N) is 2. The van der Waals surface area contributed by atoms with E-state index in [1.54, 1.807) is 12.4 Å². The van der Waals surface area contributed by atoms with Crippen LogP contribution in [0.2, 0.25) is 0 Å². The van der Waals surface area contributed by atoms with Gasteiger partial charge in [-0.1, -0.05) is 29.3 Å². The zero-order valence-corrected chi connectivity index (χ0v) is 19.3. The highest BCUT2D eigenvalue weighted by atomic mass is 79.9. The monoisotopic (exact) mass is 488 g/mol. The van der Waals surface area contributed by atoms with Crippen LogP contribution in [0, 0.1) is 18.7 Å². The summed E-state index contributed by atoms with van der Waals surface area (Å²) in [6.07, 6.45) is 5.80. The highest BCUT2D eigenvalue weighted by Crippen LogP contribution is 2.33. The van der Waals surface area contributed by atoms with Gasteiger partial charge in [-0.3, -0.25) is 9.63 Å². The summed E-state index contributed by atoms with van der Waals surface area (Å²) in [6, 6.07) is 7.32. The lowest BCUT2D eigenvalue weighted by molar-refractivity contribution is 0.0271. The number of hydrogen-bond acceptors (Lipinski definition) is 4. The molecule has 6 nitrogen and oxygen atoms in total. The molecule has 31 heavy (non-hydrogen) atoms. The van der Waals surface area contributed by atoms with Crippen LogP contribution in [0.1, 0.15) is 48.5 Å². The van der Waals surface area contributed by atoms with Crippen LogP contribution < -0.4 is 10.8 Å². The van der Waals surface area contributed by atoms with Gasteiger partial charge in [0, 0.05) is 16.7 Å². The first kappa shape index (κ1) is 21.8. The molecule has 1 heterocycles. The Morgan fingerprint density at radius 2 is 2.16 bits per heavy atom. The molecule has 0 atom stereocenters. The van der Waals surface area contributed by atoms with E-state index in [1.165, 1.54) is 0 Å². The number of fused-ring (bicyclic) bond motifs is 1. The number of imidazole rings is 1. The Hall–Kier alpha value is -2.45. The van der Waals surface area contributed by atoms with Crippen molar-refractivity contribution >= 4 is 44.2 Å². The third-order valence-corrected chi connectivity index (χ3v) is 5.98. The van der Waals surface area contributed by atoms with Crippen molar-refractivity contribution in [2.75, 3.05) is 11.9 Å². The second kappa shape index (κ2) is 9.36. The molecule has 8 heteroatoms. The fourth-order valence-corrected chi connectivity index (χ4v) is 3.91. The molecule has 1 aliphatic carbocycles. The molecule has 4 rings (SSSR count). The van der Waals surface area contributed by atoms with Crippen LogP contribution in [-0.4, -0.2) is 22.1 Å². The quantitative estimate of drug-likeness (QED) is 0.370.